The van der Waals surface area contributed by atoms with Crippen molar-refractivity contribution >= 4 is 45.9 Å². The minimum absolute atomic E-state index is 0.211. The van der Waals surface area contributed by atoms with Gasteiger partial charge in [0, 0.05) is 24.7 Å². The van der Waals surface area contributed by atoms with Gasteiger partial charge in [0.1, 0.15) is 16.6 Å². The lowest BCUT2D eigenvalue weighted by Gasteiger charge is -2.11. The largest absolute Gasteiger partial charge is 0.462 e. The van der Waals surface area contributed by atoms with E-state index in [1.165, 1.54) is 17.4 Å². The number of nitrogens with zero attached hydrogens (tertiary/aromatic N) is 2. The molecule has 0 aliphatic heterocycles. The van der Waals surface area contributed by atoms with E-state index in [1.54, 1.807) is 25.1 Å². The van der Waals surface area contributed by atoms with Gasteiger partial charge in [-0.05, 0) is 49.6 Å². The number of rotatable bonds is 9. The van der Waals surface area contributed by atoms with Gasteiger partial charge in [0.25, 0.3) is 5.91 Å². The predicted molar refractivity (Wildman–Crippen MR) is 128 cm³/mol. The standard InChI is InChI=1S/C24H27N3O5S/c1-6-19-15(3)33-22(21(19)24(30)31-7-2)26-20(28)14-32-23(29)17(13-25)12-16-8-10-18(11-9-16)27(4)5/h8-12H,6-7,14H2,1-5H3,(H,26,28)/b17-12+. The second-order valence-corrected chi connectivity index (χ2v) is 8.42. The maximum atomic E-state index is 12.4. The third-order valence-corrected chi connectivity index (χ3v) is 5.75. The molecule has 33 heavy (non-hydrogen) atoms. The topological polar surface area (TPSA) is 109 Å². The molecule has 0 unspecified atom stereocenters. The van der Waals surface area contributed by atoms with Crippen molar-refractivity contribution in [2.45, 2.75) is 27.2 Å². The minimum atomic E-state index is -0.911. The molecule has 0 aliphatic rings. The van der Waals surface area contributed by atoms with Gasteiger partial charge >= 0.3 is 11.9 Å². The van der Waals surface area contributed by atoms with Crippen LogP contribution in [0.5, 0.6) is 0 Å². The van der Waals surface area contributed by atoms with Gasteiger partial charge in [-0.3, -0.25) is 4.79 Å². The summed E-state index contributed by atoms with van der Waals surface area (Å²) in [6.07, 6.45) is 2.00. The Morgan fingerprint density at radius 3 is 2.36 bits per heavy atom. The summed E-state index contributed by atoms with van der Waals surface area (Å²) in [5.41, 5.74) is 2.52. The molecule has 2 aromatic rings. The Hall–Kier alpha value is -3.64. The molecule has 0 spiro atoms. The van der Waals surface area contributed by atoms with Crippen molar-refractivity contribution in [1.29, 1.82) is 5.26 Å². The fourth-order valence-electron chi connectivity index (χ4n) is 3.06. The van der Waals surface area contributed by atoms with E-state index in [0.717, 1.165) is 16.1 Å². The number of anilines is 2. The number of ether oxygens (including phenoxy) is 2. The van der Waals surface area contributed by atoms with Crippen LogP contribution < -0.4 is 10.2 Å². The lowest BCUT2D eigenvalue weighted by atomic mass is 10.1. The summed E-state index contributed by atoms with van der Waals surface area (Å²) in [5.74, 6) is -2.04. The molecule has 0 saturated carbocycles. The summed E-state index contributed by atoms with van der Waals surface area (Å²) in [7, 11) is 3.81. The molecule has 0 aliphatic carbocycles. The minimum Gasteiger partial charge on any atom is -0.462 e. The van der Waals surface area contributed by atoms with Gasteiger partial charge in [0.15, 0.2) is 6.61 Å². The summed E-state index contributed by atoms with van der Waals surface area (Å²) >= 11 is 1.26. The van der Waals surface area contributed by atoms with E-state index in [4.69, 9.17) is 9.47 Å². The summed E-state index contributed by atoms with van der Waals surface area (Å²) in [4.78, 5) is 39.9. The molecule has 9 heteroatoms. The molecule has 2 rings (SSSR count). The number of carbonyl (C=O) groups excluding carboxylic acids is 3. The molecule has 1 N–H and O–H groups in total. The van der Waals surface area contributed by atoms with Crippen LogP contribution >= 0.6 is 11.3 Å². The highest BCUT2D eigenvalue weighted by Gasteiger charge is 2.24. The second kappa shape index (κ2) is 11.8. The fourth-order valence-corrected chi connectivity index (χ4v) is 4.20. The molecule has 174 valence electrons. The number of esters is 2. The summed E-state index contributed by atoms with van der Waals surface area (Å²) in [5, 5.41) is 12.3. The molecule has 1 amide bonds. The third-order valence-electron chi connectivity index (χ3n) is 4.69. The average Bonchev–Trinajstić information content (AvgIpc) is 3.10. The molecule has 0 saturated heterocycles. The van der Waals surface area contributed by atoms with Gasteiger partial charge in [-0.2, -0.15) is 5.26 Å². The first kappa shape index (κ1) is 25.6. The first-order valence-corrected chi connectivity index (χ1v) is 11.2. The molecule has 8 nitrogen and oxygen atoms in total. The number of nitrogens with one attached hydrogen (secondary N) is 1. The smallest absolute Gasteiger partial charge is 0.349 e. The summed E-state index contributed by atoms with van der Waals surface area (Å²) in [6, 6.07) is 9.06. The maximum Gasteiger partial charge on any atom is 0.349 e. The quantitative estimate of drug-likeness (QED) is 0.336. The molecule has 0 bridgehead atoms. The van der Waals surface area contributed by atoms with Crippen LogP contribution in [-0.2, 0) is 25.5 Å². The van der Waals surface area contributed by atoms with E-state index < -0.39 is 24.5 Å². The number of benzene rings is 1. The van der Waals surface area contributed by atoms with E-state index in [-0.39, 0.29) is 12.2 Å². The summed E-state index contributed by atoms with van der Waals surface area (Å²) in [6.45, 7) is 5.09. The van der Waals surface area contributed by atoms with Crippen molar-refractivity contribution in [2.75, 3.05) is 37.5 Å². The zero-order chi connectivity index (χ0) is 24.5. The van der Waals surface area contributed by atoms with Crippen molar-refractivity contribution < 1.29 is 23.9 Å². The van der Waals surface area contributed by atoms with Gasteiger partial charge in [-0.15, -0.1) is 11.3 Å². The van der Waals surface area contributed by atoms with Gasteiger partial charge in [0.2, 0.25) is 0 Å². The van der Waals surface area contributed by atoms with Gasteiger partial charge in [-0.25, -0.2) is 9.59 Å². The maximum absolute atomic E-state index is 12.4. The number of thiophene rings is 1. The molecule has 0 radical (unpaired) electrons. The Morgan fingerprint density at radius 2 is 1.82 bits per heavy atom. The lowest BCUT2D eigenvalue weighted by molar-refractivity contribution is -0.142. The zero-order valence-corrected chi connectivity index (χ0v) is 20.2. The van der Waals surface area contributed by atoms with Crippen LogP contribution in [0.15, 0.2) is 29.8 Å². The van der Waals surface area contributed by atoms with E-state index in [9.17, 15) is 19.6 Å². The van der Waals surface area contributed by atoms with E-state index in [0.29, 0.717) is 22.5 Å². The third kappa shape index (κ3) is 6.67. The fraction of sp³-hybridized carbons (Fsp3) is 0.333. The normalized spacial score (nSPS) is 10.8. The van der Waals surface area contributed by atoms with Gasteiger partial charge < -0.3 is 19.7 Å². The molecule has 1 heterocycles. The van der Waals surface area contributed by atoms with Gasteiger partial charge in [0.05, 0.1) is 12.2 Å². The second-order valence-electron chi connectivity index (χ2n) is 7.20. The van der Waals surface area contributed by atoms with Gasteiger partial charge in [-0.1, -0.05) is 19.1 Å². The van der Waals surface area contributed by atoms with Crippen LogP contribution in [0, 0.1) is 18.3 Å². The lowest BCUT2D eigenvalue weighted by Crippen LogP contribution is -2.22. The molecule has 1 aromatic carbocycles. The first-order valence-electron chi connectivity index (χ1n) is 10.4. The van der Waals surface area contributed by atoms with E-state index in [1.807, 2.05) is 45.0 Å². The van der Waals surface area contributed by atoms with Crippen LogP contribution in [0.25, 0.3) is 6.08 Å². The molecule has 0 fully saturated rings. The number of hydrogen-bond donors (Lipinski definition) is 1. The highest BCUT2D eigenvalue weighted by Crippen LogP contribution is 2.34. The number of hydrogen-bond acceptors (Lipinski definition) is 8. The van der Waals surface area contributed by atoms with E-state index in [2.05, 4.69) is 5.32 Å². The molecular formula is C24H27N3O5S. The van der Waals surface area contributed by atoms with Crippen molar-refractivity contribution in [3.63, 3.8) is 0 Å². The Morgan fingerprint density at radius 1 is 1.15 bits per heavy atom. The van der Waals surface area contributed by atoms with E-state index >= 15 is 0 Å². The van der Waals surface area contributed by atoms with Crippen molar-refractivity contribution in [1.82, 2.24) is 0 Å². The molecular weight excluding hydrogens is 442 g/mol. The average molecular weight is 470 g/mol. The monoisotopic (exact) mass is 469 g/mol. The molecule has 0 atom stereocenters. The van der Waals surface area contributed by atoms with Crippen molar-refractivity contribution in [2.24, 2.45) is 0 Å². The number of amides is 1. The van der Waals surface area contributed by atoms with Crippen molar-refractivity contribution in [3.8, 4) is 6.07 Å². The number of carbonyl (C=O) groups is 3. The Balaban J connectivity index is 2.07. The zero-order valence-electron chi connectivity index (χ0n) is 19.4. The van der Waals surface area contributed by atoms with Crippen LogP contribution in [0.4, 0.5) is 10.7 Å². The molecule has 1 aromatic heterocycles. The number of aryl methyl sites for hydroxylation is 1. The Kier molecular flexibility index (Phi) is 9.18. The Bertz CT molecular complexity index is 1090. The van der Waals surface area contributed by atoms with Crippen LogP contribution in [0.1, 0.15) is 40.2 Å². The number of nitriles is 1. The first-order chi connectivity index (χ1) is 15.7. The van der Waals surface area contributed by atoms with Crippen molar-refractivity contribution in [3.05, 3.63) is 51.4 Å². The van der Waals surface area contributed by atoms with Crippen LogP contribution in [0.2, 0.25) is 0 Å². The Labute approximate surface area is 197 Å². The van der Waals surface area contributed by atoms with Crippen LogP contribution in [-0.4, -0.2) is 45.2 Å². The highest BCUT2D eigenvalue weighted by atomic mass is 32.1. The summed E-state index contributed by atoms with van der Waals surface area (Å²) < 4.78 is 10.1. The van der Waals surface area contributed by atoms with Crippen LogP contribution in [0.3, 0.4) is 0 Å². The SMILES string of the molecule is CCOC(=O)c1c(NC(=O)COC(=O)/C(C#N)=C/c2ccc(N(C)C)cc2)sc(C)c1CC. The highest BCUT2D eigenvalue weighted by molar-refractivity contribution is 7.16. The predicted octanol–water partition coefficient (Wildman–Crippen LogP) is 3.95.